The minimum absolute atomic E-state index is 0.00487. The number of nitrogens with one attached hydrogen (secondary N) is 1. The summed E-state index contributed by atoms with van der Waals surface area (Å²) in [5.74, 6) is -0.129. The minimum atomic E-state index is -1.07. The van der Waals surface area contributed by atoms with Crippen molar-refractivity contribution >= 4 is 34.9 Å². The highest BCUT2D eigenvalue weighted by Crippen LogP contribution is 2.26. The molecule has 162 valence electrons. The number of aromatic nitrogens is 2. The van der Waals surface area contributed by atoms with Crippen molar-refractivity contribution < 1.29 is 23.8 Å². The van der Waals surface area contributed by atoms with Crippen molar-refractivity contribution in [2.24, 2.45) is 0 Å². The summed E-state index contributed by atoms with van der Waals surface area (Å²) in [5.41, 5.74) is -0.245. The van der Waals surface area contributed by atoms with Crippen LogP contribution in [-0.4, -0.2) is 33.0 Å². The fourth-order valence-electron chi connectivity index (χ4n) is 2.31. The molecule has 0 bridgehead atoms. The third-order valence-corrected chi connectivity index (χ3v) is 4.32. The number of aryl methyl sites for hydroxylation is 1. The number of esters is 1. The van der Waals surface area contributed by atoms with Gasteiger partial charge in [0, 0.05) is 30.4 Å². The molecule has 0 saturated heterocycles. The van der Waals surface area contributed by atoms with Gasteiger partial charge in [-0.05, 0) is 19.4 Å². The molecule has 0 aliphatic heterocycles. The van der Waals surface area contributed by atoms with Gasteiger partial charge in [0.15, 0.2) is 11.9 Å². The van der Waals surface area contributed by atoms with E-state index >= 15 is 0 Å². The molecule has 1 amide bonds. The Morgan fingerprint density at radius 3 is 2.63 bits per heavy atom. The number of hydrogen-bond donors (Lipinski definition) is 1. The van der Waals surface area contributed by atoms with Crippen molar-refractivity contribution in [1.82, 2.24) is 10.1 Å². The van der Waals surface area contributed by atoms with Gasteiger partial charge in [-0.1, -0.05) is 37.5 Å². The lowest BCUT2D eigenvalue weighted by Crippen LogP contribution is -2.30. The Balaban J connectivity index is 1.80. The zero-order valence-electron chi connectivity index (χ0n) is 17.1. The fraction of sp³-hybridized carbons (Fsp3) is 0.474. The van der Waals surface area contributed by atoms with E-state index in [1.807, 2.05) is 20.8 Å². The Morgan fingerprint density at radius 2 is 2.07 bits per heavy atom. The highest BCUT2D eigenvalue weighted by atomic mass is 35.5. The molecule has 0 fully saturated rings. The van der Waals surface area contributed by atoms with Crippen LogP contribution in [0.1, 0.15) is 52.3 Å². The monoisotopic (exact) mass is 438 g/mol. The lowest BCUT2D eigenvalue weighted by Gasteiger charge is -2.14. The molecule has 0 spiro atoms. The van der Waals surface area contributed by atoms with Crippen LogP contribution in [0.2, 0.25) is 5.02 Å². The van der Waals surface area contributed by atoms with Crippen LogP contribution in [-0.2, 0) is 26.2 Å². The summed E-state index contributed by atoms with van der Waals surface area (Å²) in [4.78, 5) is 38.6. The summed E-state index contributed by atoms with van der Waals surface area (Å²) >= 11 is 5.94. The van der Waals surface area contributed by atoms with E-state index in [1.165, 1.54) is 19.1 Å². The number of nitro groups is 1. The molecular weight excluding hydrogens is 416 g/mol. The molecule has 1 aromatic carbocycles. The standard InChI is InChI=1S/C19H23ClN4O6/c1-11(17(26)21-14-9-8-12(24(27)28)10-13(14)20)29-16(25)7-5-6-15-22-18(23-30-15)19(2,3)4/h8-11H,5-7H2,1-4H3,(H,21,26). The van der Waals surface area contributed by atoms with Crippen LogP contribution in [0.3, 0.4) is 0 Å². The number of halogens is 1. The lowest BCUT2D eigenvalue weighted by atomic mass is 9.96. The normalized spacial score (nSPS) is 12.3. The van der Waals surface area contributed by atoms with Crippen molar-refractivity contribution in [2.45, 2.75) is 58.5 Å². The number of nitro benzene ring substituents is 1. The molecule has 10 nitrogen and oxygen atoms in total. The van der Waals surface area contributed by atoms with E-state index in [0.717, 1.165) is 6.07 Å². The number of carbonyl (C=O) groups is 2. The van der Waals surface area contributed by atoms with Gasteiger partial charge in [0.2, 0.25) is 5.89 Å². The van der Waals surface area contributed by atoms with E-state index < -0.39 is 22.9 Å². The molecular formula is C19H23ClN4O6. The zero-order chi connectivity index (χ0) is 22.5. The van der Waals surface area contributed by atoms with Crippen molar-refractivity contribution in [3.05, 3.63) is 45.1 Å². The van der Waals surface area contributed by atoms with Crippen molar-refractivity contribution in [1.29, 1.82) is 0 Å². The van der Waals surface area contributed by atoms with Crippen LogP contribution >= 0.6 is 11.6 Å². The molecule has 11 heteroatoms. The Morgan fingerprint density at radius 1 is 1.37 bits per heavy atom. The average Bonchev–Trinajstić information content (AvgIpc) is 3.12. The SMILES string of the molecule is CC(OC(=O)CCCc1nc(C(C)(C)C)no1)C(=O)Nc1ccc([N+](=O)[O-])cc1Cl. The lowest BCUT2D eigenvalue weighted by molar-refractivity contribution is -0.384. The first-order chi connectivity index (χ1) is 14.0. The van der Waals surface area contributed by atoms with Crippen LogP contribution < -0.4 is 5.32 Å². The van der Waals surface area contributed by atoms with Gasteiger partial charge in [0.25, 0.3) is 11.6 Å². The first-order valence-electron chi connectivity index (χ1n) is 9.24. The fourth-order valence-corrected chi connectivity index (χ4v) is 2.53. The largest absolute Gasteiger partial charge is 0.453 e. The summed E-state index contributed by atoms with van der Waals surface area (Å²) in [5, 5.41) is 17.1. The molecule has 1 atom stereocenters. The van der Waals surface area contributed by atoms with Gasteiger partial charge in [-0.15, -0.1) is 0 Å². The minimum Gasteiger partial charge on any atom is -0.453 e. The number of anilines is 1. The molecule has 1 aromatic heterocycles. The first-order valence-corrected chi connectivity index (χ1v) is 9.62. The zero-order valence-corrected chi connectivity index (χ0v) is 17.9. The highest BCUT2D eigenvalue weighted by molar-refractivity contribution is 6.34. The number of carbonyl (C=O) groups excluding carboxylic acids is 2. The maximum absolute atomic E-state index is 12.2. The van der Waals surface area contributed by atoms with Crippen molar-refractivity contribution in [3.63, 3.8) is 0 Å². The Hall–Kier alpha value is -3.01. The van der Waals surface area contributed by atoms with Crippen LogP contribution in [0.4, 0.5) is 11.4 Å². The second-order valence-corrected chi connectivity index (χ2v) is 8.07. The first kappa shape index (κ1) is 23.3. The van der Waals surface area contributed by atoms with Crippen LogP contribution in [0.15, 0.2) is 22.7 Å². The van der Waals surface area contributed by atoms with E-state index in [4.69, 9.17) is 20.9 Å². The maximum atomic E-state index is 12.2. The van der Waals surface area contributed by atoms with Crippen LogP contribution in [0, 0.1) is 10.1 Å². The van der Waals surface area contributed by atoms with E-state index in [1.54, 1.807) is 0 Å². The van der Waals surface area contributed by atoms with Gasteiger partial charge in [-0.3, -0.25) is 19.7 Å². The summed E-state index contributed by atoms with van der Waals surface area (Å²) in [6.07, 6.45) is -0.160. The Bertz CT molecular complexity index is 937. The molecule has 0 aliphatic rings. The van der Waals surface area contributed by atoms with Crippen molar-refractivity contribution in [3.8, 4) is 0 Å². The van der Waals surface area contributed by atoms with E-state index in [-0.39, 0.29) is 28.2 Å². The predicted molar refractivity (Wildman–Crippen MR) is 108 cm³/mol. The molecule has 2 aromatic rings. The average molecular weight is 439 g/mol. The molecule has 2 rings (SSSR count). The summed E-state index contributed by atoms with van der Waals surface area (Å²) < 4.78 is 10.3. The van der Waals surface area contributed by atoms with Gasteiger partial charge < -0.3 is 14.6 Å². The molecule has 0 saturated carbocycles. The number of hydrogen-bond acceptors (Lipinski definition) is 8. The molecule has 30 heavy (non-hydrogen) atoms. The summed E-state index contributed by atoms with van der Waals surface area (Å²) in [6, 6.07) is 3.64. The van der Waals surface area contributed by atoms with E-state index in [9.17, 15) is 19.7 Å². The van der Waals surface area contributed by atoms with Crippen molar-refractivity contribution in [2.75, 3.05) is 5.32 Å². The van der Waals surface area contributed by atoms with Crippen LogP contribution in [0.5, 0.6) is 0 Å². The van der Waals surface area contributed by atoms with Gasteiger partial charge in [-0.25, -0.2) is 0 Å². The molecule has 0 aliphatic carbocycles. The number of ether oxygens (including phenoxy) is 1. The van der Waals surface area contributed by atoms with E-state index in [0.29, 0.717) is 24.6 Å². The Kier molecular flexibility index (Phi) is 7.49. The van der Waals surface area contributed by atoms with Gasteiger partial charge in [-0.2, -0.15) is 4.98 Å². The highest BCUT2D eigenvalue weighted by Gasteiger charge is 2.22. The quantitative estimate of drug-likeness (QED) is 0.373. The van der Waals surface area contributed by atoms with Gasteiger partial charge >= 0.3 is 5.97 Å². The number of nitrogens with zero attached hydrogens (tertiary/aromatic N) is 3. The predicted octanol–water partition coefficient (Wildman–Crippen LogP) is 3.82. The number of amides is 1. The second-order valence-electron chi connectivity index (χ2n) is 7.66. The Labute approximate surface area is 178 Å². The van der Waals surface area contributed by atoms with Gasteiger partial charge in [0.1, 0.15) is 0 Å². The van der Waals surface area contributed by atoms with Crippen LogP contribution in [0.25, 0.3) is 0 Å². The number of non-ortho nitro benzene ring substituents is 1. The second kappa shape index (κ2) is 9.66. The summed E-state index contributed by atoms with van der Waals surface area (Å²) in [7, 11) is 0. The number of rotatable bonds is 8. The molecule has 1 N–H and O–H groups in total. The topological polar surface area (TPSA) is 137 Å². The smallest absolute Gasteiger partial charge is 0.306 e. The third kappa shape index (κ3) is 6.51. The maximum Gasteiger partial charge on any atom is 0.306 e. The molecule has 0 radical (unpaired) electrons. The summed E-state index contributed by atoms with van der Waals surface area (Å²) in [6.45, 7) is 7.32. The molecule has 1 heterocycles. The number of benzene rings is 1. The van der Waals surface area contributed by atoms with E-state index in [2.05, 4.69) is 15.5 Å². The third-order valence-electron chi connectivity index (χ3n) is 4.01. The van der Waals surface area contributed by atoms with Gasteiger partial charge in [0.05, 0.1) is 15.6 Å². The molecule has 1 unspecified atom stereocenters.